The van der Waals surface area contributed by atoms with Crippen LogP contribution >= 0.6 is 9.90 Å². The molecule has 0 fully saturated rings. The fraction of sp³-hybridized carbons (Fsp3) is 0.0435. The fourth-order valence-electron chi connectivity index (χ4n) is 2.89. The largest absolute Gasteiger partial charge is 0.383 e. The van der Waals surface area contributed by atoms with Crippen LogP contribution in [0.4, 0.5) is 17.6 Å². The third kappa shape index (κ3) is 11.5. The predicted octanol–water partition coefficient (Wildman–Crippen LogP) is -2.19. The third-order valence-electron chi connectivity index (χ3n) is 4.95. The first-order chi connectivity index (χ1) is 21.9. The Hall–Kier alpha value is -7.03. The highest BCUT2D eigenvalue weighted by Crippen LogP contribution is 2.09. The van der Waals surface area contributed by atoms with Crippen LogP contribution in [0, 0.1) is 6.92 Å². The van der Waals surface area contributed by atoms with Crippen LogP contribution in [0.5, 0.6) is 0 Å². The summed E-state index contributed by atoms with van der Waals surface area (Å²) in [5, 5.41) is 0. The molecule has 0 aliphatic heterocycles. The van der Waals surface area contributed by atoms with Gasteiger partial charge in [-0.1, -0.05) is 0 Å². The zero-order chi connectivity index (χ0) is 33.6. The highest BCUT2D eigenvalue weighted by Gasteiger charge is 2.02. The fourth-order valence-corrected chi connectivity index (χ4v) is 2.89. The monoisotopic (exact) mass is 666 g/mol. The molecule has 14 N–H and O–H groups in total. The maximum atomic E-state index is 11.0. The number of imidazole rings is 2. The number of rotatable bonds is 0. The molecule has 7 aromatic heterocycles. The van der Waals surface area contributed by atoms with Crippen molar-refractivity contribution in [1.29, 1.82) is 0 Å². The van der Waals surface area contributed by atoms with Gasteiger partial charge in [-0.25, -0.2) is 34.3 Å². The van der Waals surface area contributed by atoms with Crippen molar-refractivity contribution in [3.05, 3.63) is 118 Å². The summed E-state index contributed by atoms with van der Waals surface area (Å²) < 4.78 is 0. The second-order valence-electron chi connectivity index (χ2n) is 8.28. The third-order valence-corrected chi connectivity index (χ3v) is 4.95. The Balaban J connectivity index is 0.000000204. The van der Waals surface area contributed by atoms with E-state index in [2.05, 4.69) is 64.8 Å². The van der Waals surface area contributed by atoms with Gasteiger partial charge < -0.3 is 42.1 Å². The van der Waals surface area contributed by atoms with Crippen LogP contribution < -0.4 is 50.9 Å². The van der Waals surface area contributed by atoms with Crippen LogP contribution in [0.3, 0.4) is 0 Å². The standard InChI is InChI=1S/C5H5N5O.C5H5N5.C5H6N2O2.C4H5N3O.C4H4N2O2.P/c6-5-9-3-2(4(11)10-5)7-1-8-3;6-4-3-5(9-1-7-3)10-2-8-4;1-3-2-6-5(9)7-4(3)8;5-3-1-2-6-4(8)7-3;7-3-1-2-5-4(8)6-3;/h1H,(H4,6,7,8,9,10,11);1-2H,(H3,6,7,8,9,10);2H,1H3,(H2,6,7,8,9);1-2H,(H3,5,6,7,8);1-2H,(H2,5,6,7,8);. The zero-order valence-electron chi connectivity index (χ0n) is 23.9. The van der Waals surface area contributed by atoms with E-state index < -0.39 is 17.1 Å². The van der Waals surface area contributed by atoms with Crippen molar-refractivity contribution < 1.29 is 0 Å². The topological polar surface area (TPSA) is 384 Å². The van der Waals surface area contributed by atoms with Crippen molar-refractivity contribution >= 4 is 49.8 Å². The smallest absolute Gasteiger partial charge is 0.346 e. The van der Waals surface area contributed by atoms with Crippen molar-refractivity contribution in [2.75, 3.05) is 17.2 Å². The molecule has 7 heterocycles. The van der Waals surface area contributed by atoms with Gasteiger partial charge in [0.05, 0.1) is 12.7 Å². The molecule has 7 rings (SSSR count). The van der Waals surface area contributed by atoms with E-state index in [9.17, 15) is 28.8 Å². The summed E-state index contributed by atoms with van der Waals surface area (Å²) in [6.45, 7) is 1.62. The molecule has 0 saturated heterocycles. The van der Waals surface area contributed by atoms with Gasteiger partial charge in [0.1, 0.15) is 17.7 Å². The number of anilines is 3. The second-order valence-corrected chi connectivity index (χ2v) is 8.28. The number of H-pyrrole nitrogens is 8. The first-order valence-electron chi connectivity index (χ1n) is 12.4. The predicted molar refractivity (Wildman–Crippen MR) is 171 cm³/mol. The van der Waals surface area contributed by atoms with Crippen molar-refractivity contribution in [1.82, 2.24) is 69.8 Å². The molecule has 47 heavy (non-hydrogen) atoms. The molecule has 243 valence electrons. The molecule has 0 aromatic carbocycles. The number of fused-ring (bicyclic) bond motifs is 2. The Labute approximate surface area is 261 Å². The van der Waals surface area contributed by atoms with Gasteiger partial charge in [-0.15, -0.1) is 0 Å². The molecule has 0 aliphatic carbocycles. The Kier molecular flexibility index (Phi) is 13.3. The summed E-state index contributed by atoms with van der Waals surface area (Å²) >= 11 is 0. The quantitative estimate of drug-likeness (QED) is 0.0766. The molecule has 0 atom stereocenters. The van der Waals surface area contributed by atoms with Gasteiger partial charge in [0, 0.05) is 40.1 Å². The normalized spacial score (nSPS) is 9.55. The first-order valence-corrected chi connectivity index (χ1v) is 12.4. The van der Waals surface area contributed by atoms with Crippen LogP contribution in [-0.4, -0.2) is 69.8 Å². The maximum Gasteiger partial charge on any atom is 0.346 e. The number of nitrogens with zero attached hydrogens (tertiary/aromatic N) is 6. The summed E-state index contributed by atoms with van der Waals surface area (Å²) in [6.07, 6.45) is 8.44. The molecule has 0 aliphatic rings. The minimum Gasteiger partial charge on any atom is -0.383 e. The molecule has 3 radical (unpaired) electrons. The molecular weight excluding hydrogens is 641 g/mol. The summed E-state index contributed by atoms with van der Waals surface area (Å²) in [5.41, 5.74) is 16.0. The SMILES string of the molecule is Cc1c[nH]c(=O)[nH]c1=O.Nc1cc[nH]c(=O)n1.Nc1nc2nc[nH]c2c(=O)[nH]1.Nc1ncnc2nc[nH]c12.O=c1cc[nH]c(=O)[nH]1.[P]. The number of aromatic amines is 8. The van der Waals surface area contributed by atoms with Gasteiger partial charge in [0.25, 0.3) is 16.7 Å². The van der Waals surface area contributed by atoms with Gasteiger partial charge in [-0.05, 0) is 13.0 Å². The zero-order valence-corrected chi connectivity index (χ0v) is 24.8. The van der Waals surface area contributed by atoms with Crippen LogP contribution in [0.25, 0.3) is 22.3 Å². The first kappa shape index (κ1) is 36.2. The number of hydrogen-bond donors (Lipinski definition) is 11. The van der Waals surface area contributed by atoms with E-state index in [1.165, 1.54) is 49.7 Å². The van der Waals surface area contributed by atoms with Gasteiger partial charge in [-0.3, -0.25) is 29.3 Å². The van der Waals surface area contributed by atoms with Crippen LogP contribution in [0.15, 0.2) is 78.5 Å². The average Bonchev–Trinajstić information content (AvgIpc) is 3.67. The Morgan fingerprint density at radius 2 is 1.30 bits per heavy atom. The number of aryl methyl sites for hydroxylation is 1. The van der Waals surface area contributed by atoms with Crippen molar-refractivity contribution in [3.8, 4) is 0 Å². The van der Waals surface area contributed by atoms with Gasteiger partial charge >= 0.3 is 17.1 Å². The minimum atomic E-state index is -0.475. The lowest BCUT2D eigenvalue weighted by Crippen LogP contribution is -2.22. The van der Waals surface area contributed by atoms with Gasteiger partial charge in [0.15, 0.2) is 22.6 Å². The molecule has 0 unspecified atom stereocenters. The lowest BCUT2D eigenvalue weighted by molar-refractivity contribution is 1.01. The summed E-state index contributed by atoms with van der Waals surface area (Å²) in [6, 6.07) is 2.75. The Morgan fingerprint density at radius 3 is 1.85 bits per heavy atom. The Bertz CT molecular complexity index is 2360. The molecule has 23 nitrogen and oxygen atoms in total. The molecule has 0 amide bonds. The summed E-state index contributed by atoms with van der Waals surface area (Å²) in [5.74, 6) is 0.755. The highest BCUT2D eigenvalue weighted by molar-refractivity contribution is 6.92. The minimum absolute atomic E-state index is 0. The molecule has 0 spiro atoms. The molecule has 0 bridgehead atoms. The number of nitrogens with one attached hydrogen (secondary N) is 8. The van der Waals surface area contributed by atoms with Gasteiger partial charge in [0.2, 0.25) is 5.95 Å². The van der Waals surface area contributed by atoms with Crippen molar-refractivity contribution in [2.24, 2.45) is 0 Å². The number of aromatic nitrogens is 14. The van der Waals surface area contributed by atoms with E-state index in [1.54, 1.807) is 6.92 Å². The van der Waals surface area contributed by atoms with Gasteiger partial charge in [-0.2, -0.15) is 9.97 Å². The summed E-state index contributed by atoms with van der Waals surface area (Å²) in [7, 11) is 0. The lowest BCUT2D eigenvalue weighted by Gasteiger charge is -1.89. The summed E-state index contributed by atoms with van der Waals surface area (Å²) in [4.78, 5) is 104. The molecular formula is C23H25N17O6P. The average molecular weight is 667 g/mol. The number of nitrogen functional groups attached to an aromatic ring is 3. The number of hydrogen-bond acceptors (Lipinski definition) is 15. The van der Waals surface area contributed by atoms with Crippen LogP contribution in [-0.2, 0) is 0 Å². The van der Waals surface area contributed by atoms with Crippen LogP contribution in [0.1, 0.15) is 5.56 Å². The van der Waals surface area contributed by atoms with Crippen molar-refractivity contribution in [2.45, 2.75) is 6.92 Å². The van der Waals surface area contributed by atoms with E-state index >= 15 is 0 Å². The van der Waals surface area contributed by atoms with E-state index in [0.717, 1.165) is 0 Å². The maximum absolute atomic E-state index is 11.0. The lowest BCUT2D eigenvalue weighted by atomic mass is 10.4. The molecule has 7 aromatic rings. The molecule has 24 heteroatoms. The number of nitrogens with two attached hydrogens (primary N) is 3. The molecule has 0 saturated carbocycles. The van der Waals surface area contributed by atoms with E-state index in [4.69, 9.17) is 17.2 Å². The Morgan fingerprint density at radius 1 is 0.638 bits per heavy atom. The highest BCUT2D eigenvalue weighted by atomic mass is 31.0. The van der Waals surface area contributed by atoms with E-state index in [1.807, 2.05) is 4.98 Å². The van der Waals surface area contributed by atoms with E-state index in [-0.39, 0.29) is 38.3 Å². The van der Waals surface area contributed by atoms with Crippen LogP contribution in [0.2, 0.25) is 0 Å². The second kappa shape index (κ2) is 17.3. The van der Waals surface area contributed by atoms with E-state index in [0.29, 0.717) is 33.7 Å². The van der Waals surface area contributed by atoms with Crippen molar-refractivity contribution in [3.63, 3.8) is 0 Å².